The Morgan fingerprint density at radius 1 is 1.27 bits per heavy atom. The van der Waals surface area contributed by atoms with Gasteiger partial charge in [-0.25, -0.2) is 0 Å². The average Bonchev–Trinajstić information content (AvgIpc) is 3.04. The van der Waals surface area contributed by atoms with Crippen LogP contribution in [0, 0.1) is 5.92 Å². The first kappa shape index (κ1) is 19.6. The zero-order valence-corrected chi connectivity index (χ0v) is 15.0. The molecule has 0 saturated heterocycles. The minimum atomic E-state index is -0.975. The highest BCUT2D eigenvalue weighted by atomic mass is 32.2. The second-order valence-electron chi connectivity index (χ2n) is 5.53. The molecular weight excluding hydrogens is 358 g/mol. The summed E-state index contributed by atoms with van der Waals surface area (Å²) < 4.78 is 0. The first-order valence-electron chi connectivity index (χ1n) is 7.92. The first-order chi connectivity index (χ1) is 12.4. The molecule has 2 N–H and O–H groups in total. The smallest absolute Gasteiger partial charge is 0.305 e. The van der Waals surface area contributed by atoms with Gasteiger partial charge in [0, 0.05) is 12.7 Å². The van der Waals surface area contributed by atoms with Crippen LogP contribution in [-0.4, -0.2) is 48.1 Å². The molecule has 1 amide bonds. The summed E-state index contributed by atoms with van der Waals surface area (Å²) in [7, 11) is 0. The number of nitrogens with one attached hydrogen (secondary N) is 1. The van der Waals surface area contributed by atoms with E-state index in [0.717, 1.165) is 22.1 Å². The van der Waals surface area contributed by atoms with Crippen molar-refractivity contribution in [3.05, 3.63) is 35.9 Å². The molecule has 0 aliphatic carbocycles. The molecule has 9 nitrogen and oxygen atoms in total. The molecule has 1 aromatic heterocycles. The molecule has 2 aromatic rings. The number of hydrogen-bond donors (Lipinski definition) is 2. The lowest BCUT2D eigenvalue weighted by molar-refractivity contribution is -0.137. The molecule has 0 spiro atoms. The highest BCUT2D eigenvalue weighted by Gasteiger charge is 2.21. The molecule has 0 radical (unpaired) electrons. The number of amides is 1. The Morgan fingerprint density at radius 2 is 2.00 bits per heavy atom. The fraction of sp³-hybridized carbons (Fsp3) is 0.375. The number of tetrazole rings is 1. The van der Waals surface area contributed by atoms with Crippen molar-refractivity contribution in [2.45, 2.75) is 26.3 Å². The van der Waals surface area contributed by atoms with Crippen LogP contribution in [0.3, 0.4) is 0 Å². The van der Waals surface area contributed by atoms with Crippen molar-refractivity contribution < 1.29 is 19.5 Å². The molecule has 0 aliphatic rings. The number of aromatic nitrogens is 4. The lowest BCUT2D eigenvalue weighted by Gasteiger charge is -2.14. The summed E-state index contributed by atoms with van der Waals surface area (Å²) in [5.41, 5.74) is 0.981. The molecule has 0 unspecified atom stereocenters. The van der Waals surface area contributed by atoms with Crippen LogP contribution in [-0.2, 0) is 27.3 Å². The van der Waals surface area contributed by atoms with Crippen molar-refractivity contribution in [2.24, 2.45) is 5.92 Å². The minimum Gasteiger partial charge on any atom is -0.481 e. The maximum atomic E-state index is 12.6. The van der Waals surface area contributed by atoms with E-state index in [4.69, 9.17) is 5.11 Å². The molecule has 10 heteroatoms. The van der Waals surface area contributed by atoms with Crippen molar-refractivity contribution in [3.63, 3.8) is 0 Å². The molecular formula is C16H19N5O4S. The standard InChI is InChI=1S/C16H19N5O4S/c1-11(22)26-10-13(9-12-5-3-2-4-6-12)15(25)17-16-18-20-21(19-16)8-7-14(23)24/h2-6,13H,7-10H2,1H3,(H,23,24)(H,17,19,25)/t13-/m1/s1. The van der Waals surface area contributed by atoms with E-state index in [1.807, 2.05) is 30.3 Å². The van der Waals surface area contributed by atoms with E-state index >= 15 is 0 Å². The van der Waals surface area contributed by atoms with Gasteiger partial charge in [0.25, 0.3) is 5.95 Å². The summed E-state index contributed by atoms with van der Waals surface area (Å²) in [6.45, 7) is 1.52. The number of nitrogens with zero attached hydrogens (tertiary/aromatic N) is 4. The van der Waals surface area contributed by atoms with Crippen LogP contribution in [0.25, 0.3) is 0 Å². The summed E-state index contributed by atoms with van der Waals surface area (Å²) >= 11 is 1.09. The maximum Gasteiger partial charge on any atom is 0.305 e. The highest BCUT2D eigenvalue weighted by Crippen LogP contribution is 2.17. The van der Waals surface area contributed by atoms with Gasteiger partial charge in [-0.15, -0.1) is 5.10 Å². The first-order valence-corrected chi connectivity index (χ1v) is 8.90. The summed E-state index contributed by atoms with van der Waals surface area (Å²) in [6, 6.07) is 9.50. The summed E-state index contributed by atoms with van der Waals surface area (Å²) in [5, 5.41) is 22.5. The van der Waals surface area contributed by atoms with E-state index in [1.54, 1.807) is 0 Å². The number of carbonyl (C=O) groups is 3. The number of hydrogen-bond acceptors (Lipinski definition) is 7. The molecule has 0 saturated carbocycles. The number of thioether (sulfide) groups is 1. The maximum absolute atomic E-state index is 12.6. The van der Waals surface area contributed by atoms with E-state index in [1.165, 1.54) is 6.92 Å². The van der Waals surface area contributed by atoms with Gasteiger partial charge >= 0.3 is 5.97 Å². The van der Waals surface area contributed by atoms with Crippen LogP contribution >= 0.6 is 11.8 Å². The number of benzene rings is 1. The van der Waals surface area contributed by atoms with Gasteiger partial charge in [0.2, 0.25) is 5.91 Å². The number of carboxylic acid groups (broad SMARTS) is 1. The van der Waals surface area contributed by atoms with E-state index in [2.05, 4.69) is 20.7 Å². The van der Waals surface area contributed by atoms with Crippen LogP contribution in [0.4, 0.5) is 5.95 Å². The van der Waals surface area contributed by atoms with E-state index in [0.29, 0.717) is 12.2 Å². The molecule has 0 fully saturated rings. The third-order valence-electron chi connectivity index (χ3n) is 3.40. The van der Waals surface area contributed by atoms with Gasteiger partial charge in [-0.2, -0.15) is 4.80 Å². The Kier molecular flexibility index (Phi) is 7.27. The van der Waals surface area contributed by atoms with Crippen molar-refractivity contribution in [3.8, 4) is 0 Å². The average molecular weight is 377 g/mol. The quantitative estimate of drug-likeness (QED) is 0.668. The van der Waals surface area contributed by atoms with Crippen molar-refractivity contribution in [1.82, 2.24) is 20.2 Å². The third-order valence-corrected chi connectivity index (χ3v) is 4.37. The highest BCUT2D eigenvalue weighted by molar-refractivity contribution is 8.13. The van der Waals surface area contributed by atoms with E-state index in [9.17, 15) is 14.4 Å². The number of carbonyl (C=O) groups excluding carboxylic acids is 2. The Labute approximate surface area is 154 Å². The van der Waals surface area contributed by atoms with Crippen LogP contribution in [0.1, 0.15) is 18.9 Å². The molecule has 1 aromatic carbocycles. The van der Waals surface area contributed by atoms with E-state index < -0.39 is 11.9 Å². The number of aliphatic carboxylic acids is 1. The number of anilines is 1. The van der Waals surface area contributed by atoms with Crippen molar-refractivity contribution in [1.29, 1.82) is 0 Å². The Balaban J connectivity index is 2.00. The number of carboxylic acids is 1. The Bertz CT molecular complexity index is 765. The molecule has 26 heavy (non-hydrogen) atoms. The third kappa shape index (κ3) is 6.63. The summed E-state index contributed by atoms with van der Waals surface area (Å²) in [4.78, 5) is 35.5. The van der Waals surface area contributed by atoms with Gasteiger partial charge in [0.05, 0.1) is 18.9 Å². The zero-order chi connectivity index (χ0) is 18.9. The monoisotopic (exact) mass is 377 g/mol. The molecule has 138 valence electrons. The minimum absolute atomic E-state index is 0.00581. The van der Waals surface area contributed by atoms with Crippen LogP contribution in [0.2, 0.25) is 0 Å². The zero-order valence-electron chi connectivity index (χ0n) is 14.2. The number of rotatable bonds is 9. The SMILES string of the molecule is CC(=O)SC[C@@H](Cc1ccccc1)C(=O)Nc1nnn(CCC(=O)O)n1. The summed E-state index contributed by atoms with van der Waals surface area (Å²) in [6.07, 6.45) is 0.329. The second-order valence-corrected chi connectivity index (χ2v) is 6.73. The van der Waals surface area contributed by atoms with Gasteiger partial charge in [0.1, 0.15) is 0 Å². The van der Waals surface area contributed by atoms with Crippen LogP contribution in [0.5, 0.6) is 0 Å². The van der Waals surface area contributed by atoms with Crippen molar-refractivity contribution >= 4 is 34.7 Å². The second kappa shape index (κ2) is 9.66. The van der Waals surface area contributed by atoms with Gasteiger partial charge in [-0.05, 0) is 17.2 Å². The lowest BCUT2D eigenvalue weighted by atomic mass is 10.0. The molecule has 1 atom stereocenters. The fourth-order valence-corrected chi connectivity index (χ4v) is 2.84. The topological polar surface area (TPSA) is 127 Å². The molecule has 2 rings (SSSR count). The Morgan fingerprint density at radius 3 is 2.65 bits per heavy atom. The molecule has 0 aliphatic heterocycles. The van der Waals surface area contributed by atoms with Gasteiger partial charge < -0.3 is 5.11 Å². The normalized spacial score (nSPS) is 11.7. The van der Waals surface area contributed by atoms with Crippen LogP contribution in [0.15, 0.2) is 30.3 Å². The van der Waals surface area contributed by atoms with E-state index in [-0.39, 0.29) is 29.9 Å². The predicted molar refractivity (Wildman–Crippen MR) is 95.5 cm³/mol. The van der Waals surface area contributed by atoms with Gasteiger partial charge in [-0.1, -0.05) is 47.2 Å². The molecule has 1 heterocycles. The lowest BCUT2D eigenvalue weighted by Crippen LogP contribution is -2.27. The number of aryl methyl sites for hydroxylation is 1. The summed E-state index contributed by atoms with van der Waals surface area (Å²) in [5.74, 6) is -1.40. The predicted octanol–water partition coefficient (Wildman–Crippen LogP) is 1.22. The Hall–Kier alpha value is -2.75. The largest absolute Gasteiger partial charge is 0.481 e. The van der Waals surface area contributed by atoms with Crippen LogP contribution < -0.4 is 5.32 Å². The fourth-order valence-electron chi connectivity index (χ4n) is 2.14. The van der Waals surface area contributed by atoms with Crippen molar-refractivity contribution in [2.75, 3.05) is 11.1 Å². The van der Waals surface area contributed by atoms with Gasteiger partial charge in [0.15, 0.2) is 5.12 Å². The molecule has 0 bridgehead atoms. The van der Waals surface area contributed by atoms with Gasteiger partial charge in [-0.3, -0.25) is 19.7 Å².